The number of piperidine rings is 1. The number of para-hydroxylation sites is 1. The van der Waals surface area contributed by atoms with Gasteiger partial charge in [0.2, 0.25) is 0 Å². The van der Waals surface area contributed by atoms with E-state index in [1.54, 1.807) is 23.1 Å². The molecule has 0 atom stereocenters. The molecule has 1 fully saturated rings. The molecule has 24 heavy (non-hydrogen) atoms. The fourth-order valence-electron chi connectivity index (χ4n) is 2.47. The van der Waals surface area contributed by atoms with E-state index in [4.69, 9.17) is 26.8 Å². The first kappa shape index (κ1) is 18.4. The minimum Gasteiger partial charge on any atom is -0.488 e. The number of carbonyl (C=O) groups is 2. The molecule has 1 saturated heterocycles. The van der Waals surface area contributed by atoms with Gasteiger partial charge in [-0.1, -0.05) is 17.7 Å². The molecule has 0 aliphatic carbocycles. The summed E-state index contributed by atoms with van der Waals surface area (Å²) in [7, 11) is 0. The number of nitrogens with zero attached hydrogens (tertiary/aromatic N) is 1. The van der Waals surface area contributed by atoms with Crippen LogP contribution in [0.4, 0.5) is 4.79 Å². The predicted molar refractivity (Wildman–Crippen MR) is 91.4 cm³/mol. The Morgan fingerprint density at radius 1 is 1.25 bits per heavy atom. The van der Waals surface area contributed by atoms with Crippen molar-refractivity contribution in [2.75, 3.05) is 13.1 Å². The maximum atomic E-state index is 12.1. The lowest BCUT2D eigenvalue weighted by molar-refractivity contribution is 0.0126. The molecule has 1 aromatic rings. The van der Waals surface area contributed by atoms with Crippen molar-refractivity contribution in [2.24, 2.45) is 5.73 Å². The molecule has 0 spiro atoms. The van der Waals surface area contributed by atoms with Crippen molar-refractivity contribution in [1.29, 1.82) is 0 Å². The van der Waals surface area contributed by atoms with Gasteiger partial charge in [0, 0.05) is 25.9 Å². The maximum absolute atomic E-state index is 12.1. The van der Waals surface area contributed by atoms with E-state index in [2.05, 4.69) is 0 Å². The van der Waals surface area contributed by atoms with Crippen LogP contribution >= 0.6 is 11.6 Å². The first-order valence-corrected chi connectivity index (χ1v) is 8.28. The van der Waals surface area contributed by atoms with E-state index in [9.17, 15) is 9.59 Å². The average Bonchev–Trinajstić information content (AvgIpc) is 2.48. The van der Waals surface area contributed by atoms with Crippen LogP contribution in [0.1, 0.15) is 44.0 Å². The van der Waals surface area contributed by atoms with Gasteiger partial charge < -0.3 is 20.1 Å². The zero-order valence-electron chi connectivity index (χ0n) is 14.2. The smallest absolute Gasteiger partial charge is 0.410 e. The molecule has 0 saturated carbocycles. The van der Waals surface area contributed by atoms with Gasteiger partial charge in [0.15, 0.2) is 5.75 Å². The molecule has 2 amide bonds. The van der Waals surface area contributed by atoms with Crippen molar-refractivity contribution < 1.29 is 19.1 Å². The summed E-state index contributed by atoms with van der Waals surface area (Å²) in [6, 6.07) is 4.89. The number of carbonyl (C=O) groups excluding carboxylic acids is 2. The molecule has 132 valence electrons. The minimum atomic E-state index is -0.585. The number of hydrogen-bond acceptors (Lipinski definition) is 4. The highest BCUT2D eigenvalue weighted by atomic mass is 35.5. The molecule has 7 heteroatoms. The summed E-state index contributed by atoms with van der Waals surface area (Å²) in [5, 5.41) is 0.348. The number of primary amides is 1. The molecule has 1 aliphatic heterocycles. The van der Waals surface area contributed by atoms with Crippen molar-refractivity contribution >= 4 is 23.6 Å². The van der Waals surface area contributed by atoms with Crippen LogP contribution in [0.5, 0.6) is 5.75 Å². The molecule has 0 radical (unpaired) electrons. The second-order valence-electron chi connectivity index (χ2n) is 6.77. The Morgan fingerprint density at radius 2 is 1.88 bits per heavy atom. The largest absolute Gasteiger partial charge is 0.488 e. The monoisotopic (exact) mass is 354 g/mol. The van der Waals surface area contributed by atoms with E-state index in [1.807, 2.05) is 20.8 Å². The van der Waals surface area contributed by atoms with Gasteiger partial charge in [0.05, 0.1) is 10.6 Å². The lowest BCUT2D eigenvalue weighted by Gasteiger charge is -2.33. The average molecular weight is 355 g/mol. The quantitative estimate of drug-likeness (QED) is 0.903. The molecule has 6 nitrogen and oxygen atoms in total. The van der Waals surface area contributed by atoms with E-state index < -0.39 is 11.5 Å². The first-order valence-electron chi connectivity index (χ1n) is 7.90. The number of hydrogen-bond donors (Lipinski definition) is 1. The number of rotatable bonds is 3. The standard InChI is InChI=1S/C17H23ClN2O4/c1-17(2,3)24-16(22)20-9-7-11(8-10-20)23-14-12(15(19)21)5-4-6-13(14)18/h4-6,11H,7-10H2,1-3H3,(H2,19,21). The zero-order chi connectivity index (χ0) is 17.9. The summed E-state index contributed by atoms with van der Waals surface area (Å²) in [6.07, 6.45) is 0.795. The van der Waals surface area contributed by atoms with Crippen LogP contribution in [0.2, 0.25) is 5.02 Å². The van der Waals surface area contributed by atoms with Gasteiger partial charge in [-0.3, -0.25) is 4.79 Å². The SMILES string of the molecule is CC(C)(C)OC(=O)N1CCC(Oc2c(Cl)cccc2C(N)=O)CC1. The van der Waals surface area contributed by atoms with Crippen LogP contribution in [0.15, 0.2) is 18.2 Å². The number of benzene rings is 1. The second-order valence-corrected chi connectivity index (χ2v) is 7.17. The highest BCUT2D eigenvalue weighted by molar-refractivity contribution is 6.32. The van der Waals surface area contributed by atoms with Gasteiger partial charge in [-0.2, -0.15) is 0 Å². The fraction of sp³-hybridized carbons (Fsp3) is 0.529. The Hall–Kier alpha value is -1.95. The molecule has 1 aliphatic rings. The molecular formula is C17H23ClN2O4. The van der Waals surface area contributed by atoms with E-state index >= 15 is 0 Å². The predicted octanol–water partition coefficient (Wildman–Crippen LogP) is 3.22. The lowest BCUT2D eigenvalue weighted by Crippen LogP contribution is -2.44. The van der Waals surface area contributed by atoms with Crippen LogP contribution in [0.25, 0.3) is 0 Å². The van der Waals surface area contributed by atoms with Gasteiger partial charge in [0.25, 0.3) is 5.91 Å². The Balaban J connectivity index is 1.97. The summed E-state index contributed by atoms with van der Waals surface area (Å²) >= 11 is 6.13. The Labute approximate surface area is 146 Å². The number of ether oxygens (including phenoxy) is 2. The number of halogens is 1. The van der Waals surface area contributed by atoms with Crippen molar-refractivity contribution in [3.8, 4) is 5.75 Å². The number of amides is 2. The summed E-state index contributed by atoms with van der Waals surface area (Å²) in [4.78, 5) is 25.2. The van der Waals surface area contributed by atoms with E-state index in [0.717, 1.165) is 0 Å². The Bertz CT molecular complexity index is 620. The molecule has 2 N–H and O–H groups in total. The second kappa shape index (κ2) is 7.30. The van der Waals surface area contributed by atoms with Crippen LogP contribution in [-0.4, -0.2) is 41.7 Å². The molecular weight excluding hydrogens is 332 g/mol. The normalized spacial score (nSPS) is 15.9. The summed E-state index contributed by atoms with van der Waals surface area (Å²) in [5.41, 5.74) is 5.11. The van der Waals surface area contributed by atoms with Crippen molar-refractivity contribution in [1.82, 2.24) is 4.90 Å². The topological polar surface area (TPSA) is 81.9 Å². The third-order valence-corrected chi connectivity index (χ3v) is 3.91. The van der Waals surface area contributed by atoms with E-state index in [1.165, 1.54) is 0 Å². The highest BCUT2D eigenvalue weighted by Gasteiger charge is 2.28. The number of nitrogens with two attached hydrogens (primary N) is 1. The third kappa shape index (κ3) is 4.77. The highest BCUT2D eigenvalue weighted by Crippen LogP contribution is 2.31. The minimum absolute atomic E-state index is 0.137. The van der Waals surface area contributed by atoms with Crippen molar-refractivity contribution in [3.05, 3.63) is 28.8 Å². The Morgan fingerprint density at radius 3 is 2.42 bits per heavy atom. The summed E-state index contributed by atoms with van der Waals surface area (Å²) in [5.74, 6) is -0.277. The third-order valence-electron chi connectivity index (χ3n) is 3.61. The van der Waals surface area contributed by atoms with E-state index in [0.29, 0.717) is 36.7 Å². The molecule has 2 rings (SSSR count). The van der Waals surface area contributed by atoms with Gasteiger partial charge >= 0.3 is 6.09 Å². The molecule has 0 unspecified atom stereocenters. The molecule has 1 heterocycles. The summed E-state index contributed by atoms with van der Waals surface area (Å²) < 4.78 is 11.3. The first-order chi connectivity index (χ1) is 11.2. The molecule has 1 aromatic carbocycles. The summed E-state index contributed by atoms with van der Waals surface area (Å²) in [6.45, 7) is 6.56. The van der Waals surface area contributed by atoms with Gasteiger partial charge in [-0.15, -0.1) is 0 Å². The van der Waals surface area contributed by atoms with Crippen LogP contribution < -0.4 is 10.5 Å². The van der Waals surface area contributed by atoms with Crippen LogP contribution in [0.3, 0.4) is 0 Å². The lowest BCUT2D eigenvalue weighted by atomic mass is 10.1. The van der Waals surface area contributed by atoms with E-state index in [-0.39, 0.29) is 17.8 Å². The van der Waals surface area contributed by atoms with Gasteiger partial charge in [-0.25, -0.2) is 4.79 Å². The van der Waals surface area contributed by atoms with Crippen LogP contribution in [0, 0.1) is 0 Å². The van der Waals surface area contributed by atoms with Crippen molar-refractivity contribution in [3.63, 3.8) is 0 Å². The van der Waals surface area contributed by atoms with Crippen molar-refractivity contribution in [2.45, 2.75) is 45.3 Å². The van der Waals surface area contributed by atoms with Gasteiger partial charge in [0.1, 0.15) is 11.7 Å². The fourth-order valence-corrected chi connectivity index (χ4v) is 2.69. The zero-order valence-corrected chi connectivity index (χ0v) is 14.9. The van der Waals surface area contributed by atoms with Gasteiger partial charge in [-0.05, 0) is 32.9 Å². The molecule has 0 aromatic heterocycles. The maximum Gasteiger partial charge on any atom is 0.410 e. The van der Waals surface area contributed by atoms with Crippen LogP contribution in [-0.2, 0) is 4.74 Å². The Kier molecular flexibility index (Phi) is 5.59. The molecule has 0 bridgehead atoms. The number of likely N-dealkylation sites (tertiary alicyclic amines) is 1.